The Kier molecular flexibility index (Phi) is 7.78. The Hall–Kier alpha value is -2.87. The van der Waals surface area contributed by atoms with Gasteiger partial charge in [0.15, 0.2) is 6.10 Å². The number of carbonyl (C=O) groups excluding carboxylic acids is 2. The molecule has 0 amide bonds. The number of rotatable bonds is 10. The van der Waals surface area contributed by atoms with Gasteiger partial charge in [0.05, 0.1) is 18.4 Å². The van der Waals surface area contributed by atoms with Gasteiger partial charge in [-0.15, -0.1) is 0 Å². The Morgan fingerprint density at radius 1 is 1.00 bits per heavy atom. The van der Waals surface area contributed by atoms with E-state index in [1.165, 1.54) is 31.2 Å². The van der Waals surface area contributed by atoms with Crippen molar-refractivity contribution in [3.63, 3.8) is 0 Å². The van der Waals surface area contributed by atoms with Crippen molar-refractivity contribution in [3.8, 4) is 5.75 Å². The van der Waals surface area contributed by atoms with Gasteiger partial charge in [-0.2, -0.15) is 0 Å². The van der Waals surface area contributed by atoms with Crippen LogP contribution in [0.4, 0.5) is 5.69 Å². The van der Waals surface area contributed by atoms with Crippen LogP contribution in [0.5, 0.6) is 5.75 Å². The Labute approximate surface area is 171 Å². The van der Waals surface area contributed by atoms with E-state index in [1.54, 1.807) is 24.3 Å². The fourth-order valence-electron chi connectivity index (χ4n) is 2.46. The molecule has 0 heterocycles. The van der Waals surface area contributed by atoms with Crippen LogP contribution in [0.1, 0.15) is 47.4 Å². The van der Waals surface area contributed by atoms with E-state index in [0.29, 0.717) is 29.2 Å². The first kappa shape index (κ1) is 22.4. The summed E-state index contributed by atoms with van der Waals surface area (Å²) in [6.45, 7) is 4.18. The summed E-state index contributed by atoms with van der Waals surface area (Å²) in [5, 5.41) is 0. The third-order valence-electron chi connectivity index (χ3n) is 3.98. The SMILES string of the molecule is CCCCOc1ccc(C(=O)O[C@@H](C)C(=O)c2ccc(NS(C)(=O)=O)cc2)cc1. The van der Waals surface area contributed by atoms with E-state index in [2.05, 4.69) is 11.6 Å². The van der Waals surface area contributed by atoms with Gasteiger partial charge in [-0.3, -0.25) is 9.52 Å². The number of carbonyl (C=O) groups is 2. The molecule has 8 heteroatoms. The van der Waals surface area contributed by atoms with Crippen molar-refractivity contribution in [2.45, 2.75) is 32.8 Å². The van der Waals surface area contributed by atoms with Gasteiger partial charge in [-0.25, -0.2) is 13.2 Å². The molecule has 0 fully saturated rings. The largest absolute Gasteiger partial charge is 0.494 e. The highest BCUT2D eigenvalue weighted by molar-refractivity contribution is 7.92. The molecular weight excluding hydrogens is 394 g/mol. The monoisotopic (exact) mass is 419 g/mol. The molecule has 156 valence electrons. The van der Waals surface area contributed by atoms with Crippen molar-refractivity contribution in [1.29, 1.82) is 0 Å². The summed E-state index contributed by atoms with van der Waals surface area (Å²) in [5.74, 6) is -0.327. The lowest BCUT2D eigenvalue weighted by molar-refractivity contribution is 0.0319. The summed E-state index contributed by atoms with van der Waals surface area (Å²) >= 11 is 0. The molecule has 2 rings (SSSR count). The van der Waals surface area contributed by atoms with E-state index in [1.807, 2.05) is 0 Å². The lowest BCUT2D eigenvalue weighted by atomic mass is 10.1. The minimum atomic E-state index is -3.40. The van der Waals surface area contributed by atoms with E-state index in [9.17, 15) is 18.0 Å². The van der Waals surface area contributed by atoms with Crippen LogP contribution in [0.15, 0.2) is 48.5 Å². The number of esters is 1. The smallest absolute Gasteiger partial charge is 0.338 e. The third-order valence-corrected chi connectivity index (χ3v) is 4.59. The zero-order chi connectivity index (χ0) is 21.4. The molecule has 0 bridgehead atoms. The highest BCUT2D eigenvalue weighted by Crippen LogP contribution is 2.16. The van der Waals surface area contributed by atoms with Gasteiger partial charge in [0.25, 0.3) is 0 Å². The molecule has 0 radical (unpaired) electrons. The van der Waals surface area contributed by atoms with Crippen molar-refractivity contribution in [1.82, 2.24) is 0 Å². The third kappa shape index (κ3) is 7.23. The number of benzene rings is 2. The number of ketones is 1. The van der Waals surface area contributed by atoms with Gasteiger partial charge in [-0.05, 0) is 61.9 Å². The van der Waals surface area contributed by atoms with Crippen molar-refractivity contribution in [3.05, 3.63) is 59.7 Å². The van der Waals surface area contributed by atoms with Crippen LogP contribution in [0.3, 0.4) is 0 Å². The molecule has 0 aliphatic rings. The fourth-order valence-corrected chi connectivity index (χ4v) is 3.02. The van der Waals surface area contributed by atoms with Crippen molar-refractivity contribution in [2.24, 2.45) is 0 Å². The Morgan fingerprint density at radius 3 is 2.14 bits per heavy atom. The van der Waals surface area contributed by atoms with E-state index in [4.69, 9.17) is 9.47 Å². The van der Waals surface area contributed by atoms with E-state index in [0.717, 1.165) is 19.1 Å². The standard InChI is InChI=1S/C21H25NO6S/c1-4-5-14-27-19-12-8-17(9-13-19)21(24)28-15(2)20(23)16-6-10-18(11-7-16)22-29(3,25)26/h6-13,15,22H,4-5,14H2,1-3H3/t15-/m0/s1. The molecule has 0 saturated heterocycles. The van der Waals surface area contributed by atoms with E-state index >= 15 is 0 Å². The number of Topliss-reactive ketones (excluding diaryl/α,β-unsaturated/α-hetero) is 1. The maximum Gasteiger partial charge on any atom is 0.338 e. The second-order valence-corrected chi connectivity index (χ2v) is 8.34. The number of hydrogen-bond donors (Lipinski definition) is 1. The Balaban J connectivity index is 1.95. The molecule has 0 saturated carbocycles. The fraction of sp³-hybridized carbons (Fsp3) is 0.333. The highest BCUT2D eigenvalue weighted by atomic mass is 32.2. The average Bonchev–Trinajstić information content (AvgIpc) is 2.67. The normalized spacial score (nSPS) is 12.1. The van der Waals surface area contributed by atoms with E-state index in [-0.39, 0.29) is 5.78 Å². The lowest BCUT2D eigenvalue weighted by Gasteiger charge is -2.13. The van der Waals surface area contributed by atoms with Gasteiger partial charge in [0.2, 0.25) is 15.8 Å². The first-order valence-electron chi connectivity index (χ1n) is 9.25. The zero-order valence-corrected chi connectivity index (χ0v) is 17.5. The number of ether oxygens (including phenoxy) is 2. The number of hydrogen-bond acceptors (Lipinski definition) is 6. The highest BCUT2D eigenvalue weighted by Gasteiger charge is 2.20. The first-order chi connectivity index (χ1) is 13.7. The summed E-state index contributed by atoms with van der Waals surface area (Å²) < 4.78 is 35.6. The molecule has 29 heavy (non-hydrogen) atoms. The minimum absolute atomic E-state index is 0.309. The molecule has 1 N–H and O–H groups in total. The number of sulfonamides is 1. The molecule has 0 spiro atoms. The second kappa shape index (κ2) is 10.1. The molecule has 0 aromatic heterocycles. The van der Waals surface area contributed by atoms with Gasteiger partial charge >= 0.3 is 5.97 Å². The van der Waals surface area contributed by atoms with Crippen LogP contribution in [0, 0.1) is 0 Å². The van der Waals surface area contributed by atoms with E-state index < -0.39 is 22.1 Å². The number of unbranched alkanes of at least 4 members (excludes halogenated alkanes) is 1. The zero-order valence-electron chi connectivity index (χ0n) is 16.7. The minimum Gasteiger partial charge on any atom is -0.494 e. The number of anilines is 1. The average molecular weight is 419 g/mol. The predicted molar refractivity (Wildman–Crippen MR) is 111 cm³/mol. The molecule has 1 atom stereocenters. The van der Waals surface area contributed by atoms with Gasteiger partial charge in [0, 0.05) is 11.3 Å². The van der Waals surface area contributed by atoms with Gasteiger partial charge in [0.1, 0.15) is 5.75 Å². The van der Waals surface area contributed by atoms with Crippen LogP contribution in [0.2, 0.25) is 0 Å². The van der Waals surface area contributed by atoms with Crippen molar-refractivity contribution < 1.29 is 27.5 Å². The van der Waals surface area contributed by atoms with Gasteiger partial charge < -0.3 is 9.47 Å². The first-order valence-corrected chi connectivity index (χ1v) is 11.1. The van der Waals surface area contributed by atoms with Gasteiger partial charge in [-0.1, -0.05) is 13.3 Å². The van der Waals surface area contributed by atoms with Crippen LogP contribution >= 0.6 is 0 Å². The maximum atomic E-state index is 12.5. The lowest BCUT2D eigenvalue weighted by Crippen LogP contribution is -2.24. The molecule has 2 aromatic rings. The molecule has 7 nitrogen and oxygen atoms in total. The Bertz CT molecular complexity index is 936. The van der Waals surface area contributed by atoms with Crippen LogP contribution in [-0.4, -0.2) is 39.1 Å². The summed E-state index contributed by atoms with van der Waals surface area (Å²) in [6.07, 6.45) is 2.04. The van der Waals surface area contributed by atoms with Crippen LogP contribution in [-0.2, 0) is 14.8 Å². The van der Waals surface area contributed by atoms with Crippen LogP contribution < -0.4 is 9.46 Å². The maximum absolute atomic E-state index is 12.5. The Morgan fingerprint density at radius 2 is 1.59 bits per heavy atom. The van der Waals surface area contributed by atoms with Crippen molar-refractivity contribution >= 4 is 27.5 Å². The summed E-state index contributed by atoms with van der Waals surface area (Å²) in [5.41, 5.74) is 0.971. The summed E-state index contributed by atoms with van der Waals surface area (Å²) in [4.78, 5) is 24.8. The molecule has 2 aromatic carbocycles. The van der Waals surface area contributed by atoms with Crippen LogP contribution in [0.25, 0.3) is 0 Å². The summed E-state index contributed by atoms with van der Waals surface area (Å²) in [7, 11) is -3.40. The second-order valence-electron chi connectivity index (χ2n) is 6.59. The number of nitrogens with one attached hydrogen (secondary N) is 1. The molecule has 0 aliphatic carbocycles. The molecular formula is C21H25NO6S. The molecule has 0 aliphatic heterocycles. The quantitative estimate of drug-likeness (QED) is 0.358. The predicted octanol–water partition coefficient (Wildman–Crippen LogP) is 3.67. The summed E-state index contributed by atoms with van der Waals surface area (Å²) in [6, 6.07) is 12.4. The molecule has 0 unspecified atom stereocenters. The van der Waals surface area contributed by atoms with Crippen molar-refractivity contribution in [2.75, 3.05) is 17.6 Å². The topological polar surface area (TPSA) is 98.8 Å².